The number of aryl methyl sites for hydroxylation is 1. The molecule has 0 saturated heterocycles. The van der Waals surface area contributed by atoms with Crippen molar-refractivity contribution in [1.29, 1.82) is 0 Å². The highest BCUT2D eigenvalue weighted by Crippen LogP contribution is 2.23. The zero-order valence-corrected chi connectivity index (χ0v) is 11.9. The average Bonchev–Trinajstić information content (AvgIpc) is 2.75. The first-order valence-electron chi connectivity index (χ1n) is 5.74. The lowest BCUT2D eigenvalue weighted by atomic mass is 10.2. The Bertz CT molecular complexity index is 598. The lowest BCUT2D eigenvalue weighted by molar-refractivity contribution is -0.385. The molecule has 0 amide bonds. The number of halogens is 1. The van der Waals surface area contributed by atoms with E-state index >= 15 is 0 Å². The number of hydrogen-bond donors (Lipinski definition) is 1. The molecule has 0 aliphatic heterocycles. The Morgan fingerprint density at radius 1 is 1.37 bits per heavy atom. The van der Waals surface area contributed by atoms with Gasteiger partial charge in [-0.2, -0.15) is 0 Å². The SMILES string of the molecule is Cc1ccsc1CNCc1cc(Cl)ccc1[N+](=O)[O-]. The molecule has 1 aromatic carbocycles. The predicted octanol–water partition coefficient (Wildman–Crippen LogP) is 3.91. The zero-order chi connectivity index (χ0) is 13.8. The molecule has 0 aliphatic rings. The van der Waals surface area contributed by atoms with Crippen LogP contribution in [-0.2, 0) is 13.1 Å². The van der Waals surface area contributed by atoms with Crippen LogP contribution in [-0.4, -0.2) is 4.92 Å². The minimum atomic E-state index is -0.385. The zero-order valence-electron chi connectivity index (χ0n) is 10.4. The van der Waals surface area contributed by atoms with Gasteiger partial charge in [0, 0.05) is 34.6 Å². The average molecular weight is 297 g/mol. The normalized spacial score (nSPS) is 10.6. The van der Waals surface area contributed by atoms with Gasteiger partial charge >= 0.3 is 0 Å². The van der Waals surface area contributed by atoms with Gasteiger partial charge < -0.3 is 5.32 Å². The molecule has 0 spiro atoms. The van der Waals surface area contributed by atoms with Gasteiger partial charge in [0.05, 0.1) is 4.92 Å². The first-order valence-corrected chi connectivity index (χ1v) is 7.00. The number of nitrogens with one attached hydrogen (secondary N) is 1. The van der Waals surface area contributed by atoms with Crippen LogP contribution in [0.25, 0.3) is 0 Å². The summed E-state index contributed by atoms with van der Waals surface area (Å²) >= 11 is 7.55. The van der Waals surface area contributed by atoms with Gasteiger partial charge in [0.15, 0.2) is 0 Å². The van der Waals surface area contributed by atoms with E-state index in [2.05, 4.69) is 18.3 Å². The van der Waals surface area contributed by atoms with E-state index in [1.165, 1.54) is 22.6 Å². The first kappa shape index (κ1) is 14.0. The van der Waals surface area contributed by atoms with E-state index in [0.717, 1.165) is 0 Å². The smallest absolute Gasteiger partial charge is 0.273 e. The molecule has 0 saturated carbocycles. The van der Waals surface area contributed by atoms with Crippen LogP contribution in [0.3, 0.4) is 0 Å². The highest BCUT2D eigenvalue weighted by atomic mass is 35.5. The van der Waals surface area contributed by atoms with Gasteiger partial charge in [-0.25, -0.2) is 0 Å². The molecular weight excluding hydrogens is 284 g/mol. The summed E-state index contributed by atoms with van der Waals surface area (Å²) in [7, 11) is 0. The first-order chi connectivity index (χ1) is 9.08. The second kappa shape index (κ2) is 6.14. The largest absolute Gasteiger partial charge is 0.308 e. The van der Waals surface area contributed by atoms with Gasteiger partial charge in [-0.15, -0.1) is 11.3 Å². The standard InChI is InChI=1S/C13H13ClN2O2S/c1-9-4-5-19-13(9)8-15-7-10-6-11(14)2-3-12(10)16(17)18/h2-6,15H,7-8H2,1H3. The summed E-state index contributed by atoms with van der Waals surface area (Å²) in [6, 6.07) is 6.67. The molecule has 1 N–H and O–H groups in total. The molecule has 0 unspecified atom stereocenters. The Morgan fingerprint density at radius 2 is 2.16 bits per heavy atom. The van der Waals surface area contributed by atoms with Crippen LogP contribution < -0.4 is 5.32 Å². The van der Waals surface area contributed by atoms with Crippen LogP contribution in [0, 0.1) is 17.0 Å². The third-order valence-electron chi connectivity index (χ3n) is 2.81. The van der Waals surface area contributed by atoms with Crippen molar-refractivity contribution in [3.05, 3.63) is 60.8 Å². The Labute approximate surface area is 120 Å². The van der Waals surface area contributed by atoms with Crippen LogP contribution in [0.5, 0.6) is 0 Å². The maximum Gasteiger partial charge on any atom is 0.273 e. The van der Waals surface area contributed by atoms with E-state index in [1.54, 1.807) is 17.4 Å². The van der Waals surface area contributed by atoms with Crippen LogP contribution in [0.2, 0.25) is 5.02 Å². The molecule has 0 aliphatic carbocycles. The maximum absolute atomic E-state index is 10.9. The summed E-state index contributed by atoms with van der Waals surface area (Å²) in [4.78, 5) is 11.8. The second-order valence-corrected chi connectivity index (χ2v) is 5.60. The molecule has 6 heteroatoms. The van der Waals surface area contributed by atoms with E-state index in [-0.39, 0.29) is 10.6 Å². The molecule has 0 atom stereocenters. The summed E-state index contributed by atoms with van der Waals surface area (Å²) in [5, 5.41) is 16.7. The fraction of sp³-hybridized carbons (Fsp3) is 0.231. The van der Waals surface area contributed by atoms with E-state index in [9.17, 15) is 10.1 Å². The molecule has 0 radical (unpaired) electrons. The van der Waals surface area contributed by atoms with Gasteiger partial charge in [-0.05, 0) is 36.1 Å². The molecule has 0 fully saturated rings. The summed E-state index contributed by atoms with van der Waals surface area (Å²) < 4.78 is 0. The number of benzene rings is 1. The van der Waals surface area contributed by atoms with E-state index in [1.807, 2.05) is 5.38 Å². The molecule has 100 valence electrons. The van der Waals surface area contributed by atoms with Crippen LogP contribution >= 0.6 is 22.9 Å². The second-order valence-electron chi connectivity index (χ2n) is 4.16. The third kappa shape index (κ3) is 3.53. The molecule has 2 aromatic rings. The third-order valence-corrected chi connectivity index (χ3v) is 4.07. The quantitative estimate of drug-likeness (QED) is 0.672. The maximum atomic E-state index is 10.9. The topological polar surface area (TPSA) is 55.2 Å². The van der Waals surface area contributed by atoms with Crippen LogP contribution in [0.1, 0.15) is 16.0 Å². The minimum absolute atomic E-state index is 0.0970. The molecule has 1 heterocycles. The summed E-state index contributed by atoms with van der Waals surface area (Å²) in [6.45, 7) is 3.18. The van der Waals surface area contributed by atoms with Crippen molar-refractivity contribution in [2.45, 2.75) is 20.0 Å². The Kier molecular flexibility index (Phi) is 4.52. The van der Waals surface area contributed by atoms with Crippen molar-refractivity contribution in [3.8, 4) is 0 Å². The van der Waals surface area contributed by atoms with E-state index in [0.29, 0.717) is 23.7 Å². The number of hydrogen-bond acceptors (Lipinski definition) is 4. The molecule has 1 aromatic heterocycles. The predicted molar refractivity (Wildman–Crippen MR) is 77.7 cm³/mol. The number of thiophene rings is 1. The molecule has 4 nitrogen and oxygen atoms in total. The summed E-state index contributed by atoms with van der Waals surface area (Å²) in [5.74, 6) is 0. The van der Waals surface area contributed by atoms with Crippen molar-refractivity contribution in [3.63, 3.8) is 0 Å². The van der Waals surface area contributed by atoms with E-state index in [4.69, 9.17) is 11.6 Å². The monoisotopic (exact) mass is 296 g/mol. The van der Waals surface area contributed by atoms with Crippen molar-refractivity contribution < 1.29 is 4.92 Å². The van der Waals surface area contributed by atoms with Gasteiger partial charge in [0.25, 0.3) is 5.69 Å². The van der Waals surface area contributed by atoms with Crippen molar-refractivity contribution >= 4 is 28.6 Å². The molecule has 2 rings (SSSR count). The Hall–Kier alpha value is -1.43. The fourth-order valence-electron chi connectivity index (χ4n) is 1.77. The highest BCUT2D eigenvalue weighted by molar-refractivity contribution is 7.10. The number of rotatable bonds is 5. The molecule has 19 heavy (non-hydrogen) atoms. The van der Waals surface area contributed by atoms with Gasteiger partial charge in [0.2, 0.25) is 0 Å². The fourth-order valence-corrected chi connectivity index (χ4v) is 2.84. The number of nitro groups is 1. The van der Waals surface area contributed by atoms with E-state index < -0.39 is 0 Å². The minimum Gasteiger partial charge on any atom is -0.308 e. The lowest BCUT2D eigenvalue weighted by Gasteiger charge is -2.06. The van der Waals surface area contributed by atoms with Crippen LogP contribution in [0.4, 0.5) is 5.69 Å². The van der Waals surface area contributed by atoms with Gasteiger partial charge in [-0.1, -0.05) is 11.6 Å². The van der Waals surface area contributed by atoms with Crippen molar-refractivity contribution in [2.75, 3.05) is 0 Å². The van der Waals surface area contributed by atoms with Crippen LogP contribution in [0.15, 0.2) is 29.6 Å². The molecular formula is C13H13ClN2O2S. The van der Waals surface area contributed by atoms with Gasteiger partial charge in [-0.3, -0.25) is 10.1 Å². The van der Waals surface area contributed by atoms with Crippen molar-refractivity contribution in [1.82, 2.24) is 5.32 Å². The lowest BCUT2D eigenvalue weighted by Crippen LogP contribution is -2.13. The van der Waals surface area contributed by atoms with Gasteiger partial charge in [0.1, 0.15) is 0 Å². The number of nitrogens with zero attached hydrogens (tertiary/aromatic N) is 1. The number of nitro benzene ring substituents is 1. The Balaban J connectivity index is 2.05. The Morgan fingerprint density at radius 3 is 2.79 bits per heavy atom. The summed E-state index contributed by atoms with van der Waals surface area (Å²) in [6.07, 6.45) is 0. The molecule has 0 bridgehead atoms. The van der Waals surface area contributed by atoms with Crippen molar-refractivity contribution in [2.24, 2.45) is 0 Å². The summed E-state index contributed by atoms with van der Waals surface area (Å²) in [5.41, 5.74) is 1.93. The highest BCUT2D eigenvalue weighted by Gasteiger charge is 2.13.